The molecule has 0 fully saturated rings. The normalized spacial score (nSPS) is 14.5. The van der Waals surface area contributed by atoms with Gasteiger partial charge in [-0.25, -0.2) is 4.98 Å². The molecule has 0 saturated carbocycles. The van der Waals surface area contributed by atoms with E-state index in [2.05, 4.69) is 11.1 Å². The van der Waals surface area contributed by atoms with Crippen molar-refractivity contribution in [1.29, 1.82) is 5.26 Å². The van der Waals surface area contributed by atoms with E-state index >= 15 is 0 Å². The number of fused-ring (bicyclic) bond motifs is 1. The van der Waals surface area contributed by atoms with E-state index in [1.54, 1.807) is 11.3 Å². The molecule has 1 aliphatic carbocycles. The van der Waals surface area contributed by atoms with Gasteiger partial charge in [0.1, 0.15) is 22.4 Å². The Balaban J connectivity index is 1.75. The molecular weight excluding hydrogens is 348 g/mol. The zero-order chi connectivity index (χ0) is 17.2. The van der Waals surface area contributed by atoms with Crippen LogP contribution in [0.3, 0.4) is 0 Å². The maximum Gasteiger partial charge on any atom is 0.144 e. The first-order valence-electron chi connectivity index (χ1n) is 8.22. The number of thiazole rings is 1. The molecule has 1 aromatic carbocycles. The third kappa shape index (κ3) is 2.99. The van der Waals surface area contributed by atoms with Crippen molar-refractivity contribution >= 4 is 34.0 Å². The van der Waals surface area contributed by atoms with Crippen molar-refractivity contribution in [3.8, 4) is 17.3 Å². The van der Waals surface area contributed by atoms with Gasteiger partial charge in [-0.3, -0.25) is 0 Å². The largest absolute Gasteiger partial charge is 0.506 e. The molecule has 0 saturated heterocycles. The Hall–Kier alpha value is -2.42. The highest BCUT2D eigenvalue weighted by Gasteiger charge is 2.22. The number of thiophene rings is 1. The summed E-state index contributed by atoms with van der Waals surface area (Å²) in [5.74, 6) is 0.0656. The summed E-state index contributed by atoms with van der Waals surface area (Å²) in [6.45, 7) is 0. The number of rotatable bonds is 3. The van der Waals surface area contributed by atoms with Crippen LogP contribution in [0.2, 0.25) is 0 Å². The molecule has 2 heterocycles. The van der Waals surface area contributed by atoms with E-state index in [1.807, 2.05) is 41.1 Å². The van der Waals surface area contributed by atoms with Gasteiger partial charge < -0.3 is 5.11 Å². The first-order chi connectivity index (χ1) is 12.3. The standard InChI is InChI=1S/C20H16N2OS2/c21-10-15(19(23)16-11-24-18-9-5-4-8-14(16)18)20-22-17(12-25-20)13-6-2-1-3-7-13/h1-3,6-7,11-12,23H,4-5,8-9H2. The maximum absolute atomic E-state index is 10.8. The van der Waals surface area contributed by atoms with Crippen LogP contribution < -0.4 is 0 Å². The van der Waals surface area contributed by atoms with Crippen LogP contribution in [0.15, 0.2) is 41.1 Å². The second kappa shape index (κ2) is 6.83. The smallest absolute Gasteiger partial charge is 0.144 e. The van der Waals surface area contributed by atoms with E-state index in [-0.39, 0.29) is 11.3 Å². The lowest BCUT2D eigenvalue weighted by atomic mass is 9.94. The summed E-state index contributed by atoms with van der Waals surface area (Å²) in [6.07, 6.45) is 4.39. The molecule has 0 atom stereocenters. The monoisotopic (exact) mass is 364 g/mol. The van der Waals surface area contributed by atoms with Gasteiger partial charge in [-0.05, 0) is 31.2 Å². The summed E-state index contributed by atoms with van der Waals surface area (Å²) in [6, 6.07) is 12.0. The fourth-order valence-corrected chi connectivity index (χ4v) is 5.11. The van der Waals surface area contributed by atoms with Crippen LogP contribution in [0, 0.1) is 11.3 Å². The zero-order valence-electron chi connectivity index (χ0n) is 13.5. The highest BCUT2D eigenvalue weighted by molar-refractivity contribution is 7.11. The number of aliphatic hydroxyl groups is 1. The van der Waals surface area contributed by atoms with Gasteiger partial charge in [-0.1, -0.05) is 30.3 Å². The van der Waals surface area contributed by atoms with Crippen molar-refractivity contribution in [2.75, 3.05) is 0 Å². The topological polar surface area (TPSA) is 56.9 Å². The van der Waals surface area contributed by atoms with E-state index in [0.717, 1.165) is 36.1 Å². The van der Waals surface area contributed by atoms with Gasteiger partial charge in [0.15, 0.2) is 0 Å². The molecule has 3 aromatic rings. The number of nitriles is 1. The molecule has 4 rings (SSSR count). The van der Waals surface area contributed by atoms with Gasteiger partial charge in [0.2, 0.25) is 0 Å². The molecular formula is C20H16N2OS2. The SMILES string of the molecule is N#CC(=C(O)c1csc2c1CCCC2)c1nc(-c2ccccc2)cs1. The second-order valence-corrected chi connectivity index (χ2v) is 7.82. The molecule has 3 nitrogen and oxygen atoms in total. The molecule has 1 aliphatic rings. The Kier molecular flexibility index (Phi) is 4.39. The van der Waals surface area contributed by atoms with Crippen molar-refractivity contribution in [3.05, 3.63) is 62.1 Å². The van der Waals surface area contributed by atoms with Crippen LogP contribution in [0.5, 0.6) is 0 Å². The quantitative estimate of drug-likeness (QED) is 0.479. The third-order valence-corrected chi connectivity index (χ3v) is 6.40. The number of aliphatic hydroxyl groups excluding tert-OH is 1. The number of hydrogen-bond donors (Lipinski definition) is 1. The Morgan fingerprint density at radius 2 is 1.88 bits per heavy atom. The molecule has 2 aromatic heterocycles. The fourth-order valence-electron chi connectivity index (χ4n) is 3.16. The van der Waals surface area contributed by atoms with Crippen LogP contribution in [0.25, 0.3) is 22.6 Å². The van der Waals surface area contributed by atoms with Crippen molar-refractivity contribution in [2.24, 2.45) is 0 Å². The molecule has 0 unspecified atom stereocenters. The van der Waals surface area contributed by atoms with E-state index < -0.39 is 0 Å². The summed E-state index contributed by atoms with van der Waals surface area (Å²) in [4.78, 5) is 5.92. The van der Waals surface area contributed by atoms with Crippen LogP contribution in [-0.2, 0) is 12.8 Å². The van der Waals surface area contributed by atoms with Crippen LogP contribution in [0.1, 0.15) is 33.9 Å². The number of aromatic nitrogens is 1. The molecule has 1 N–H and O–H groups in total. The summed E-state index contributed by atoms with van der Waals surface area (Å²) in [7, 11) is 0. The highest BCUT2D eigenvalue weighted by Crippen LogP contribution is 2.37. The Labute approximate surface area is 154 Å². The minimum atomic E-state index is 0.0656. The molecule has 5 heteroatoms. The number of nitrogens with zero attached hydrogens (tertiary/aromatic N) is 2. The molecule has 0 bridgehead atoms. The van der Waals surface area contributed by atoms with Gasteiger partial charge in [0, 0.05) is 26.8 Å². The minimum absolute atomic E-state index is 0.0656. The van der Waals surface area contributed by atoms with Crippen LogP contribution in [-0.4, -0.2) is 10.1 Å². The summed E-state index contributed by atoms with van der Waals surface area (Å²) in [5.41, 5.74) is 4.12. The molecule has 124 valence electrons. The molecule has 0 spiro atoms. The maximum atomic E-state index is 10.8. The first kappa shape index (κ1) is 16.1. The van der Waals surface area contributed by atoms with Crippen LogP contribution in [0.4, 0.5) is 0 Å². The predicted molar refractivity (Wildman–Crippen MR) is 104 cm³/mol. The van der Waals surface area contributed by atoms with Crippen molar-refractivity contribution < 1.29 is 5.11 Å². The summed E-state index contributed by atoms with van der Waals surface area (Å²) in [5, 5.41) is 24.9. The van der Waals surface area contributed by atoms with Gasteiger partial charge in [-0.2, -0.15) is 5.26 Å². The lowest BCUT2D eigenvalue weighted by Crippen LogP contribution is -2.01. The Bertz CT molecular complexity index is 977. The molecule has 0 radical (unpaired) electrons. The molecule has 25 heavy (non-hydrogen) atoms. The number of benzene rings is 1. The Morgan fingerprint density at radius 3 is 2.68 bits per heavy atom. The third-order valence-electron chi connectivity index (χ3n) is 4.45. The van der Waals surface area contributed by atoms with E-state index in [9.17, 15) is 10.4 Å². The van der Waals surface area contributed by atoms with Gasteiger partial charge in [0.05, 0.1) is 5.69 Å². The van der Waals surface area contributed by atoms with Crippen molar-refractivity contribution in [3.63, 3.8) is 0 Å². The predicted octanol–water partition coefficient (Wildman–Crippen LogP) is 5.70. The van der Waals surface area contributed by atoms with Gasteiger partial charge in [-0.15, -0.1) is 22.7 Å². The minimum Gasteiger partial charge on any atom is -0.506 e. The van der Waals surface area contributed by atoms with Crippen LogP contribution >= 0.6 is 22.7 Å². The second-order valence-electron chi connectivity index (χ2n) is 6.00. The number of hydrogen-bond acceptors (Lipinski definition) is 5. The van der Waals surface area contributed by atoms with Crippen molar-refractivity contribution in [1.82, 2.24) is 4.98 Å². The average Bonchev–Trinajstić information content (AvgIpc) is 3.30. The molecule has 0 aliphatic heterocycles. The lowest BCUT2D eigenvalue weighted by molar-refractivity contribution is 0.512. The Morgan fingerprint density at radius 1 is 1.08 bits per heavy atom. The highest BCUT2D eigenvalue weighted by atomic mass is 32.1. The summed E-state index contributed by atoms with van der Waals surface area (Å²) < 4.78 is 0. The van der Waals surface area contributed by atoms with E-state index in [4.69, 9.17) is 0 Å². The lowest BCUT2D eigenvalue weighted by Gasteiger charge is -2.12. The van der Waals surface area contributed by atoms with Gasteiger partial charge in [0.25, 0.3) is 0 Å². The average molecular weight is 364 g/mol. The van der Waals surface area contributed by atoms with E-state index in [1.165, 1.54) is 28.2 Å². The fraction of sp³-hybridized carbons (Fsp3) is 0.200. The first-order valence-corrected chi connectivity index (χ1v) is 9.98. The summed E-state index contributed by atoms with van der Waals surface area (Å²) >= 11 is 3.08. The van der Waals surface area contributed by atoms with E-state index in [0.29, 0.717) is 5.01 Å². The molecule has 0 amide bonds. The number of aryl methyl sites for hydroxylation is 1. The van der Waals surface area contributed by atoms with Crippen molar-refractivity contribution in [2.45, 2.75) is 25.7 Å². The zero-order valence-corrected chi connectivity index (χ0v) is 15.2. The number of allylic oxidation sites excluding steroid dienone is 1. The van der Waals surface area contributed by atoms with Gasteiger partial charge >= 0.3 is 0 Å².